The number of carbonyl (C=O) groups excluding carboxylic acids is 1. The Labute approximate surface area is 162 Å². The summed E-state index contributed by atoms with van der Waals surface area (Å²) in [6.07, 6.45) is 1.34. The summed E-state index contributed by atoms with van der Waals surface area (Å²) >= 11 is 0. The standard InChI is InChI=1S/C19H30N2O5S/c1-20(10-4-11-25-2)14-19(22)21(17-9-12-27(23,24)15-17)13-16-5-7-18(26-3)8-6-16/h5-8,17H,4,9-15H2,1-3H3. The molecule has 1 aliphatic heterocycles. The molecule has 152 valence electrons. The van der Waals surface area contributed by atoms with Crippen LogP contribution in [0.2, 0.25) is 0 Å². The number of hydrogen-bond donors (Lipinski definition) is 0. The van der Waals surface area contributed by atoms with E-state index in [1.807, 2.05) is 36.2 Å². The highest BCUT2D eigenvalue weighted by molar-refractivity contribution is 7.91. The first kappa shape index (κ1) is 21.7. The van der Waals surface area contributed by atoms with Gasteiger partial charge in [-0.1, -0.05) is 12.1 Å². The smallest absolute Gasteiger partial charge is 0.237 e. The van der Waals surface area contributed by atoms with E-state index >= 15 is 0 Å². The minimum absolute atomic E-state index is 0.0439. The third-order valence-electron chi connectivity index (χ3n) is 4.77. The molecule has 1 aliphatic rings. The summed E-state index contributed by atoms with van der Waals surface area (Å²) in [6.45, 7) is 2.05. The molecule has 0 aromatic heterocycles. The predicted molar refractivity (Wildman–Crippen MR) is 105 cm³/mol. The Morgan fingerprint density at radius 3 is 2.48 bits per heavy atom. The fraction of sp³-hybridized carbons (Fsp3) is 0.632. The molecule has 0 spiro atoms. The summed E-state index contributed by atoms with van der Waals surface area (Å²) < 4.78 is 34.1. The summed E-state index contributed by atoms with van der Waals surface area (Å²) in [6, 6.07) is 7.24. The average molecular weight is 399 g/mol. The molecule has 1 aromatic carbocycles. The summed E-state index contributed by atoms with van der Waals surface area (Å²) in [4.78, 5) is 16.6. The largest absolute Gasteiger partial charge is 0.497 e. The first-order valence-corrected chi connectivity index (χ1v) is 11.0. The van der Waals surface area contributed by atoms with Gasteiger partial charge in [0.2, 0.25) is 5.91 Å². The molecule has 1 atom stereocenters. The molecule has 0 aliphatic carbocycles. The van der Waals surface area contributed by atoms with Gasteiger partial charge in [0.05, 0.1) is 25.2 Å². The number of benzene rings is 1. The van der Waals surface area contributed by atoms with E-state index in [9.17, 15) is 13.2 Å². The minimum Gasteiger partial charge on any atom is -0.497 e. The van der Waals surface area contributed by atoms with E-state index in [0.29, 0.717) is 19.6 Å². The third kappa shape index (κ3) is 6.79. The van der Waals surface area contributed by atoms with Gasteiger partial charge in [-0.15, -0.1) is 0 Å². The van der Waals surface area contributed by atoms with Gasteiger partial charge in [0.1, 0.15) is 5.75 Å². The number of methoxy groups -OCH3 is 2. The van der Waals surface area contributed by atoms with Crippen molar-refractivity contribution < 1.29 is 22.7 Å². The fourth-order valence-electron chi connectivity index (χ4n) is 3.25. The van der Waals surface area contributed by atoms with Gasteiger partial charge >= 0.3 is 0 Å². The molecular weight excluding hydrogens is 368 g/mol. The Morgan fingerprint density at radius 1 is 1.22 bits per heavy atom. The van der Waals surface area contributed by atoms with Crippen LogP contribution in [0.4, 0.5) is 0 Å². The van der Waals surface area contributed by atoms with Crippen LogP contribution >= 0.6 is 0 Å². The lowest BCUT2D eigenvalue weighted by Crippen LogP contribution is -2.45. The van der Waals surface area contributed by atoms with Crippen molar-refractivity contribution in [2.75, 3.05) is 52.5 Å². The molecule has 0 N–H and O–H groups in total. The van der Waals surface area contributed by atoms with E-state index in [2.05, 4.69) is 0 Å². The summed E-state index contributed by atoms with van der Waals surface area (Å²) in [5.41, 5.74) is 0.954. The summed E-state index contributed by atoms with van der Waals surface area (Å²) in [5, 5.41) is 0. The van der Waals surface area contributed by atoms with Crippen molar-refractivity contribution in [2.45, 2.75) is 25.4 Å². The Morgan fingerprint density at radius 2 is 1.93 bits per heavy atom. The lowest BCUT2D eigenvalue weighted by atomic mass is 10.1. The van der Waals surface area contributed by atoms with Crippen LogP contribution < -0.4 is 4.74 Å². The zero-order valence-electron chi connectivity index (χ0n) is 16.4. The predicted octanol–water partition coefficient (Wildman–Crippen LogP) is 1.18. The van der Waals surface area contributed by atoms with Crippen molar-refractivity contribution in [1.82, 2.24) is 9.80 Å². The van der Waals surface area contributed by atoms with Gasteiger partial charge in [-0.05, 0) is 37.6 Å². The molecule has 1 aromatic rings. The summed E-state index contributed by atoms with van der Waals surface area (Å²) in [7, 11) is 2.09. The van der Waals surface area contributed by atoms with Crippen molar-refractivity contribution in [1.29, 1.82) is 0 Å². The number of likely N-dealkylation sites (N-methyl/N-ethyl adjacent to an activating group) is 1. The molecule has 7 nitrogen and oxygen atoms in total. The van der Waals surface area contributed by atoms with E-state index < -0.39 is 9.84 Å². The molecule has 1 unspecified atom stereocenters. The van der Waals surface area contributed by atoms with Crippen LogP contribution in [0, 0.1) is 0 Å². The third-order valence-corrected chi connectivity index (χ3v) is 6.53. The van der Waals surface area contributed by atoms with Crippen LogP contribution in [0.5, 0.6) is 5.75 Å². The topological polar surface area (TPSA) is 76.2 Å². The number of amides is 1. The average Bonchev–Trinajstić information content (AvgIpc) is 2.99. The zero-order valence-corrected chi connectivity index (χ0v) is 17.2. The SMILES string of the molecule is COCCCN(C)CC(=O)N(Cc1ccc(OC)cc1)C1CCS(=O)(=O)C1. The lowest BCUT2D eigenvalue weighted by Gasteiger charge is -2.30. The molecule has 0 bridgehead atoms. The van der Waals surface area contributed by atoms with Crippen molar-refractivity contribution in [3.05, 3.63) is 29.8 Å². The number of sulfone groups is 1. The molecule has 0 radical (unpaired) electrons. The van der Waals surface area contributed by atoms with E-state index in [1.165, 1.54) is 0 Å². The first-order valence-electron chi connectivity index (χ1n) is 9.15. The second-order valence-corrected chi connectivity index (χ2v) is 9.24. The lowest BCUT2D eigenvalue weighted by molar-refractivity contribution is -0.134. The number of carbonyl (C=O) groups is 1. The normalized spacial score (nSPS) is 18.6. The quantitative estimate of drug-likeness (QED) is 0.551. The Balaban J connectivity index is 2.07. The van der Waals surface area contributed by atoms with Crippen molar-refractivity contribution in [2.24, 2.45) is 0 Å². The van der Waals surface area contributed by atoms with Gasteiger partial charge in [-0.3, -0.25) is 9.69 Å². The van der Waals surface area contributed by atoms with Gasteiger partial charge in [0.25, 0.3) is 0 Å². The fourth-order valence-corrected chi connectivity index (χ4v) is 4.98. The maximum atomic E-state index is 12.9. The maximum absolute atomic E-state index is 12.9. The van der Waals surface area contributed by atoms with Crippen LogP contribution in [-0.2, 0) is 25.9 Å². The highest BCUT2D eigenvalue weighted by atomic mass is 32.2. The number of rotatable bonds is 10. The number of ether oxygens (including phenoxy) is 2. The van der Waals surface area contributed by atoms with Crippen LogP contribution in [0.25, 0.3) is 0 Å². The minimum atomic E-state index is -3.07. The Kier molecular flexibility index (Phi) is 8.07. The highest BCUT2D eigenvalue weighted by Crippen LogP contribution is 2.21. The van der Waals surface area contributed by atoms with Gasteiger partial charge < -0.3 is 14.4 Å². The molecular formula is C19H30N2O5S. The Hall–Kier alpha value is -1.64. The Bertz CT molecular complexity index is 705. The molecule has 0 saturated carbocycles. The van der Waals surface area contributed by atoms with Crippen molar-refractivity contribution in [3.8, 4) is 5.75 Å². The van der Waals surface area contributed by atoms with E-state index in [0.717, 1.165) is 24.3 Å². The highest BCUT2D eigenvalue weighted by Gasteiger charge is 2.34. The van der Waals surface area contributed by atoms with Gasteiger partial charge in [0, 0.05) is 32.8 Å². The molecule has 8 heteroatoms. The van der Waals surface area contributed by atoms with Crippen LogP contribution in [0.15, 0.2) is 24.3 Å². The van der Waals surface area contributed by atoms with Crippen LogP contribution in [0.3, 0.4) is 0 Å². The van der Waals surface area contributed by atoms with Crippen LogP contribution in [-0.4, -0.2) is 82.6 Å². The maximum Gasteiger partial charge on any atom is 0.237 e. The zero-order chi connectivity index (χ0) is 19.9. The van der Waals surface area contributed by atoms with E-state index in [4.69, 9.17) is 9.47 Å². The van der Waals surface area contributed by atoms with E-state index in [1.54, 1.807) is 19.1 Å². The van der Waals surface area contributed by atoms with Crippen molar-refractivity contribution in [3.63, 3.8) is 0 Å². The van der Waals surface area contributed by atoms with Crippen molar-refractivity contribution >= 4 is 15.7 Å². The number of hydrogen-bond acceptors (Lipinski definition) is 6. The van der Waals surface area contributed by atoms with Gasteiger partial charge in [0.15, 0.2) is 9.84 Å². The number of nitrogens with zero attached hydrogens (tertiary/aromatic N) is 2. The molecule has 1 amide bonds. The molecule has 1 heterocycles. The van der Waals surface area contributed by atoms with Crippen LogP contribution in [0.1, 0.15) is 18.4 Å². The second-order valence-electron chi connectivity index (χ2n) is 7.01. The monoisotopic (exact) mass is 398 g/mol. The molecule has 27 heavy (non-hydrogen) atoms. The van der Waals surface area contributed by atoms with Gasteiger partial charge in [-0.2, -0.15) is 0 Å². The molecule has 1 fully saturated rings. The van der Waals surface area contributed by atoms with E-state index in [-0.39, 0.29) is 30.0 Å². The molecule has 2 rings (SSSR count). The first-order chi connectivity index (χ1) is 12.8. The summed E-state index contributed by atoms with van der Waals surface area (Å²) in [5.74, 6) is 0.890. The van der Waals surface area contributed by atoms with Gasteiger partial charge in [-0.25, -0.2) is 8.42 Å². The molecule has 1 saturated heterocycles. The second kappa shape index (κ2) is 10.1.